The lowest BCUT2D eigenvalue weighted by atomic mass is 10.2. The average molecular weight is 157 g/mol. The van der Waals surface area contributed by atoms with Gasteiger partial charge in [0.25, 0.3) is 0 Å². The lowest BCUT2D eigenvalue weighted by Gasteiger charge is -1.97. The van der Waals surface area contributed by atoms with Gasteiger partial charge in [-0.2, -0.15) is 0 Å². The summed E-state index contributed by atoms with van der Waals surface area (Å²) < 4.78 is 0. The highest BCUT2D eigenvalue weighted by Gasteiger charge is 2.24. The van der Waals surface area contributed by atoms with Crippen molar-refractivity contribution in [3.05, 3.63) is 0 Å². The number of hydrogen-bond donors (Lipinski definition) is 2. The highest BCUT2D eigenvalue weighted by Crippen LogP contribution is 2.32. The molecular weight excluding hydrogens is 146 g/mol. The van der Waals surface area contributed by atoms with Crippen LogP contribution >= 0.6 is 0 Å². The summed E-state index contributed by atoms with van der Waals surface area (Å²) in [5.41, 5.74) is 0. The van der Waals surface area contributed by atoms with Crippen LogP contribution in [0.3, 0.4) is 0 Å². The van der Waals surface area contributed by atoms with E-state index in [0.717, 1.165) is 12.8 Å². The first kappa shape index (κ1) is 8.04. The monoisotopic (exact) mass is 157 g/mol. The Kier molecular flexibility index (Phi) is 2.46. The molecule has 0 unspecified atom stereocenters. The Morgan fingerprint density at radius 1 is 1.45 bits per heavy atom. The van der Waals surface area contributed by atoms with Gasteiger partial charge in [-0.25, -0.2) is 4.79 Å². The van der Waals surface area contributed by atoms with Crippen LogP contribution in [0.25, 0.3) is 0 Å². The lowest BCUT2D eigenvalue weighted by Crippen LogP contribution is -2.27. The van der Waals surface area contributed by atoms with E-state index in [9.17, 15) is 9.59 Å². The van der Waals surface area contributed by atoms with Crippen molar-refractivity contribution in [2.24, 2.45) is 5.92 Å². The Bertz CT molecular complexity index is 175. The Balaban J connectivity index is 2.04. The molecule has 11 heavy (non-hydrogen) atoms. The van der Waals surface area contributed by atoms with E-state index in [2.05, 4.69) is 0 Å². The van der Waals surface area contributed by atoms with Crippen LogP contribution in [0.4, 0.5) is 4.79 Å². The van der Waals surface area contributed by atoms with E-state index < -0.39 is 6.09 Å². The normalized spacial score (nSPS) is 16.0. The van der Waals surface area contributed by atoms with Crippen molar-refractivity contribution in [2.75, 3.05) is 6.54 Å². The van der Waals surface area contributed by atoms with Crippen LogP contribution in [0.5, 0.6) is 0 Å². The summed E-state index contributed by atoms with van der Waals surface area (Å²) in [7, 11) is 0. The first-order valence-corrected chi connectivity index (χ1v) is 3.67. The van der Waals surface area contributed by atoms with Gasteiger partial charge in [0.2, 0.25) is 0 Å². The lowest BCUT2D eigenvalue weighted by molar-refractivity contribution is -0.118. The van der Waals surface area contributed by atoms with Crippen LogP contribution in [-0.4, -0.2) is 23.5 Å². The Morgan fingerprint density at radius 2 is 2.09 bits per heavy atom. The molecule has 0 aromatic rings. The quantitative estimate of drug-likeness (QED) is 0.628. The minimum Gasteiger partial charge on any atom is -0.465 e. The average Bonchev–Trinajstić information content (AvgIpc) is 2.67. The SMILES string of the molecule is O=C(CNC(=O)O)CC1CC1. The Hall–Kier alpha value is -1.06. The summed E-state index contributed by atoms with van der Waals surface area (Å²) in [4.78, 5) is 20.8. The summed E-state index contributed by atoms with van der Waals surface area (Å²) in [6.07, 6.45) is 1.66. The number of amides is 1. The van der Waals surface area contributed by atoms with E-state index in [4.69, 9.17) is 5.11 Å². The molecule has 1 rings (SSSR count). The topological polar surface area (TPSA) is 66.4 Å². The molecule has 0 aliphatic heterocycles. The number of rotatable bonds is 4. The van der Waals surface area contributed by atoms with Gasteiger partial charge < -0.3 is 10.4 Å². The van der Waals surface area contributed by atoms with Crippen LogP contribution in [0.1, 0.15) is 19.3 Å². The van der Waals surface area contributed by atoms with Gasteiger partial charge in [-0.3, -0.25) is 4.79 Å². The van der Waals surface area contributed by atoms with E-state index in [1.165, 1.54) is 0 Å². The minimum atomic E-state index is -1.13. The van der Waals surface area contributed by atoms with Gasteiger partial charge >= 0.3 is 6.09 Å². The van der Waals surface area contributed by atoms with Crippen molar-refractivity contribution in [1.82, 2.24) is 5.32 Å². The highest BCUT2D eigenvalue weighted by molar-refractivity contribution is 5.83. The number of hydrogen-bond acceptors (Lipinski definition) is 2. The molecule has 0 spiro atoms. The molecule has 0 heterocycles. The van der Waals surface area contributed by atoms with E-state index in [-0.39, 0.29) is 12.3 Å². The molecular formula is C7H11NO3. The third kappa shape index (κ3) is 3.60. The van der Waals surface area contributed by atoms with Crippen molar-refractivity contribution in [3.63, 3.8) is 0 Å². The molecule has 4 heteroatoms. The van der Waals surface area contributed by atoms with Crippen LogP contribution < -0.4 is 5.32 Å². The maximum atomic E-state index is 10.9. The molecule has 1 aliphatic carbocycles. The zero-order chi connectivity index (χ0) is 8.27. The molecule has 0 saturated heterocycles. The van der Waals surface area contributed by atoms with Crippen molar-refractivity contribution < 1.29 is 14.7 Å². The fourth-order valence-electron chi connectivity index (χ4n) is 0.890. The summed E-state index contributed by atoms with van der Waals surface area (Å²) in [5, 5.41) is 10.2. The predicted molar refractivity (Wildman–Crippen MR) is 38.4 cm³/mol. The first-order valence-electron chi connectivity index (χ1n) is 3.67. The van der Waals surface area contributed by atoms with Crippen LogP contribution in [0, 0.1) is 5.92 Å². The van der Waals surface area contributed by atoms with Gasteiger partial charge in [-0.15, -0.1) is 0 Å². The molecule has 1 fully saturated rings. The number of carboxylic acid groups (broad SMARTS) is 1. The number of carbonyl (C=O) groups is 2. The van der Waals surface area contributed by atoms with Crippen molar-refractivity contribution in [3.8, 4) is 0 Å². The van der Waals surface area contributed by atoms with Gasteiger partial charge in [0.1, 0.15) is 0 Å². The maximum Gasteiger partial charge on any atom is 0.405 e. The molecule has 62 valence electrons. The van der Waals surface area contributed by atoms with Crippen LogP contribution in [0.2, 0.25) is 0 Å². The van der Waals surface area contributed by atoms with E-state index >= 15 is 0 Å². The first-order chi connectivity index (χ1) is 5.18. The number of ketones is 1. The standard InChI is InChI=1S/C7H11NO3/c9-6(3-5-1-2-5)4-8-7(10)11/h5,8H,1-4H2,(H,10,11). The largest absolute Gasteiger partial charge is 0.465 e. The Labute approximate surface area is 64.6 Å². The minimum absolute atomic E-state index is 0.00472. The molecule has 0 atom stereocenters. The smallest absolute Gasteiger partial charge is 0.405 e. The molecule has 0 bridgehead atoms. The second-order valence-corrected chi connectivity index (χ2v) is 2.84. The zero-order valence-corrected chi connectivity index (χ0v) is 6.17. The van der Waals surface area contributed by atoms with Crippen molar-refractivity contribution >= 4 is 11.9 Å². The highest BCUT2D eigenvalue weighted by atomic mass is 16.4. The molecule has 0 radical (unpaired) electrons. The molecule has 1 saturated carbocycles. The molecule has 1 amide bonds. The van der Waals surface area contributed by atoms with E-state index in [1.807, 2.05) is 5.32 Å². The van der Waals surface area contributed by atoms with Gasteiger partial charge in [0.05, 0.1) is 6.54 Å². The summed E-state index contributed by atoms with van der Waals surface area (Å²) in [6, 6.07) is 0. The van der Waals surface area contributed by atoms with E-state index in [1.54, 1.807) is 0 Å². The van der Waals surface area contributed by atoms with Gasteiger partial charge in [-0.05, 0) is 18.8 Å². The third-order valence-electron chi connectivity index (χ3n) is 1.65. The van der Waals surface area contributed by atoms with Gasteiger partial charge in [0, 0.05) is 6.42 Å². The third-order valence-corrected chi connectivity index (χ3v) is 1.65. The van der Waals surface area contributed by atoms with Gasteiger partial charge in [-0.1, -0.05) is 0 Å². The fourth-order valence-corrected chi connectivity index (χ4v) is 0.890. The summed E-state index contributed by atoms with van der Waals surface area (Å²) in [6.45, 7) is -0.0359. The second-order valence-electron chi connectivity index (χ2n) is 2.84. The molecule has 2 N–H and O–H groups in total. The van der Waals surface area contributed by atoms with Crippen LogP contribution in [0.15, 0.2) is 0 Å². The summed E-state index contributed by atoms with van der Waals surface area (Å²) in [5.74, 6) is 0.535. The molecule has 1 aliphatic rings. The van der Waals surface area contributed by atoms with Crippen molar-refractivity contribution in [2.45, 2.75) is 19.3 Å². The van der Waals surface area contributed by atoms with Crippen molar-refractivity contribution in [1.29, 1.82) is 0 Å². The van der Waals surface area contributed by atoms with Crippen LogP contribution in [-0.2, 0) is 4.79 Å². The zero-order valence-electron chi connectivity index (χ0n) is 6.17. The predicted octanol–water partition coefficient (Wildman–Crippen LogP) is 0.623. The maximum absolute atomic E-state index is 10.9. The van der Waals surface area contributed by atoms with E-state index in [0.29, 0.717) is 12.3 Å². The number of carbonyl (C=O) groups excluding carboxylic acids is 1. The fraction of sp³-hybridized carbons (Fsp3) is 0.714. The number of Topliss-reactive ketones (excluding diaryl/α,β-unsaturated/α-hetero) is 1. The number of nitrogens with one attached hydrogen (secondary N) is 1. The van der Waals surface area contributed by atoms with Gasteiger partial charge in [0.15, 0.2) is 5.78 Å². The second kappa shape index (κ2) is 3.37. The Morgan fingerprint density at radius 3 is 2.55 bits per heavy atom. The molecule has 0 aromatic carbocycles. The molecule has 0 aromatic heterocycles. The molecule has 4 nitrogen and oxygen atoms in total. The summed E-state index contributed by atoms with van der Waals surface area (Å²) >= 11 is 0.